The van der Waals surface area contributed by atoms with Gasteiger partial charge in [-0.15, -0.1) is 10.2 Å². The fourth-order valence-electron chi connectivity index (χ4n) is 1.66. The van der Waals surface area contributed by atoms with Crippen LogP contribution in [0.5, 0.6) is 0 Å². The first-order valence-electron chi connectivity index (χ1n) is 5.87. The van der Waals surface area contributed by atoms with Gasteiger partial charge in [-0.05, 0) is 30.3 Å². The number of aromatic nitrogens is 2. The third-order valence-corrected chi connectivity index (χ3v) is 3.48. The van der Waals surface area contributed by atoms with E-state index in [2.05, 4.69) is 15.5 Å². The number of carbonyl (C=O) groups excluding carboxylic acids is 1. The summed E-state index contributed by atoms with van der Waals surface area (Å²) in [6.45, 7) is 0. The molecular weight excluding hydrogens is 295 g/mol. The number of carbonyl (C=O) groups is 1. The number of rotatable bonds is 3. The Bertz CT molecular complexity index is 785. The first kappa shape index (κ1) is 13.3. The lowest BCUT2D eigenvalue weighted by molar-refractivity contribution is 0.0996. The van der Waals surface area contributed by atoms with Crippen molar-refractivity contribution in [3.63, 3.8) is 0 Å². The molecule has 8 heteroatoms. The molecule has 2 aromatic heterocycles. The molecule has 2 heterocycles. The zero-order chi connectivity index (χ0) is 14.8. The Balaban J connectivity index is 1.83. The third-order valence-electron chi connectivity index (χ3n) is 2.61. The van der Waals surface area contributed by atoms with E-state index in [-0.39, 0.29) is 16.5 Å². The molecule has 106 valence electrons. The summed E-state index contributed by atoms with van der Waals surface area (Å²) in [6.07, 6.45) is 1.39. The molecule has 0 unspecified atom stereocenters. The lowest BCUT2D eigenvalue weighted by Gasteiger charge is -1.99. The Labute approximate surface area is 122 Å². The number of nitrogen functional groups attached to an aromatic ring is 1. The minimum absolute atomic E-state index is 0.155. The molecule has 1 aromatic carbocycles. The summed E-state index contributed by atoms with van der Waals surface area (Å²) in [4.78, 5) is 11.8. The molecule has 3 N–H and O–H groups in total. The van der Waals surface area contributed by atoms with Crippen molar-refractivity contribution < 1.29 is 13.6 Å². The molecule has 0 bridgehead atoms. The summed E-state index contributed by atoms with van der Waals surface area (Å²) in [5, 5.41) is 10.8. The van der Waals surface area contributed by atoms with E-state index in [1.54, 1.807) is 6.07 Å². The summed E-state index contributed by atoms with van der Waals surface area (Å²) in [7, 11) is 0. The van der Waals surface area contributed by atoms with Gasteiger partial charge in [-0.3, -0.25) is 10.1 Å². The number of halogens is 1. The van der Waals surface area contributed by atoms with Crippen LogP contribution in [0.2, 0.25) is 0 Å². The van der Waals surface area contributed by atoms with Crippen molar-refractivity contribution >= 4 is 28.1 Å². The molecule has 3 aromatic rings. The van der Waals surface area contributed by atoms with E-state index in [4.69, 9.17) is 10.2 Å². The van der Waals surface area contributed by atoms with E-state index in [1.807, 2.05) is 0 Å². The molecule has 21 heavy (non-hydrogen) atoms. The van der Waals surface area contributed by atoms with Gasteiger partial charge in [0.15, 0.2) is 10.8 Å². The molecule has 6 nitrogen and oxygen atoms in total. The molecule has 0 saturated carbocycles. The standard InChI is InChI=1S/C13H9FN4O2S/c14-9-4-3-7(15)6-8(9)12-17-18-13(21-12)16-11(19)10-2-1-5-20-10/h1-6H,15H2,(H,16,18,19). The molecule has 0 radical (unpaired) electrons. The lowest BCUT2D eigenvalue weighted by Crippen LogP contribution is -2.10. The highest BCUT2D eigenvalue weighted by atomic mass is 32.1. The average molecular weight is 304 g/mol. The van der Waals surface area contributed by atoms with Crippen LogP contribution in [-0.2, 0) is 0 Å². The van der Waals surface area contributed by atoms with E-state index in [9.17, 15) is 9.18 Å². The zero-order valence-electron chi connectivity index (χ0n) is 10.5. The maximum atomic E-state index is 13.7. The molecule has 0 atom stereocenters. The fraction of sp³-hybridized carbons (Fsp3) is 0. The summed E-state index contributed by atoms with van der Waals surface area (Å²) in [6, 6.07) is 7.30. The first-order chi connectivity index (χ1) is 10.1. The highest BCUT2D eigenvalue weighted by Gasteiger charge is 2.15. The molecule has 0 spiro atoms. The van der Waals surface area contributed by atoms with E-state index in [1.165, 1.54) is 30.5 Å². The maximum Gasteiger partial charge on any atom is 0.293 e. The zero-order valence-corrected chi connectivity index (χ0v) is 11.4. The third kappa shape index (κ3) is 2.75. The summed E-state index contributed by atoms with van der Waals surface area (Å²) in [5.41, 5.74) is 6.29. The minimum Gasteiger partial charge on any atom is -0.459 e. The molecule has 0 aliphatic carbocycles. The van der Waals surface area contributed by atoms with E-state index >= 15 is 0 Å². The van der Waals surface area contributed by atoms with Gasteiger partial charge in [-0.25, -0.2) is 4.39 Å². The summed E-state index contributed by atoms with van der Waals surface area (Å²) < 4.78 is 18.7. The number of furan rings is 1. The number of hydrogen-bond donors (Lipinski definition) is 2. The monoisotopic (exact) mass is 304 g/mol. The van der Waals surface area contributed by atoms with E-state index < -0.39 is 11.7 Å². The van der Waals surface area contributed by atoms with Gasteiger partial charge in [-0.2, -0.15) is 0 Å². The molecule has 0 aliphatic rings. The van der Waals surface area contributed by atoms with Gasteiger partial charge in [0, 0.05) is 5.69 Å². The quantitative estimate of drug-likeness (QED) is 0.726. The molecule has 0 aliphatic heterocycles. The van der Waals surface area contributed by atoms with Gasteiger partial charge in [-0.1, -0.05) is 11.3 Å². The van der Waals surface area contributed by atoms with Gasteiger partial charge in [0.1, 0.15) is 5.82 Å². The maximum absolute atomic E-state index is 13.7. The van der Waals surface area contributed by atoms with Crippen LogP contribution in [-0.4, -0.2) is 16.1 Å². The van der Waals surface area contributed by atoms with Crippen molar-refractivity contribution in [3.8, 4) is 10.6 Å². The van der Waals surface area contributed by atoms with E-state index in [0.29, 0.717) is 10.7 Å². The van der Waals surface area contributed by atoms with Crippen LogP contribution in [0.1, 0.15) is 10.6 Å². The van der Waals surface area contributed by atoms with Crippen LogP contribution < -0.4 is 11.1 Å². The van der Waals surface area contributed by atoms with Gasteiger partial charge in [0.2, 0.25) is 5.13 Å². The van der Waals surface area contributed by atoms with Crippen molar-refractivity contribution in [2.75, 3.05) is 11.1 Å². The van der Waals surface area contributed by atoms with Crippen LogP contribution >= 0.6 is 11.3 Å². The Morgan fingerprint density at radius 2 is 2.19 bits per heavy atom. The number of nitrogens with zero attached hydrogens (tertiary/aromatic N) is 2. The summed E-state index contributed by atoms with van der Waals surface area (Å²) in [5.74, 6) is -0.748. The van der Waals surface area contributed by atoms with Crippen molar-refractivity contribution in [1.82, 2.24) is 10.2 Å². The SMILES string of the molecule is Nc1ccc(F)c(-c2nnc(NC(=O)c3ccco3)s2)c1. The second-order valence-corrected chi connectivity index (χ2v) is 5.06. The van der Waals surface area contributed by atoms with Gasteiger partial charge < -0.3 is 10.2 Å². The molecule has 0 fully saturated rings. The minimum atomic E-state index is -0.454. The second-order valence-electron chi connectivity index (χ2n) is 4.08. The Morgan fingerprint density at radius 3 is 2.95 bits per heavy atom. The average Bonchev–Trinajstić information content (AvgIpc) is 3.12. The molecule has 3 rings (SSSR count). The molecule has 0 saturated heterocycles. The predicted octanol–water partition coefficient (Wildman–Crippen LogP) is 2.77. The lowest BCUT2D eigenvalue weighted by atomic mass is 10.2. The number of benzene rings is 1. The number of amides is 1. The van der Waals surface area contributed by atoms with Crippen LogP contribution in [0.15, 0.2) is 41.0 Å². The largest absolute Gasteiger partial charge is 0.459 e. The van der Waals surface area contributed by atoms with Gasteiger partial charge >= 0.3 is 0 Å². The summed E-state index contributed by atoms with van der Waals surface area (Å²) >= 11 is 1.04. The Kier molecular flexibility index (Phi) is 3.36. The number of anilines is 2. The highest BCUT2D eigenvalue weighted by Crippen LogP contribution is 2.30. The van der Waals surface area contributed by atoms with Crippen molar-refractivity contribution in [2.45, 2.75) is 0 Å². The van der Waals surface area contributed by atoms with E-state index in [0.717, 1.165) is 11.3 Å². The van der Waals surface area contributed by atoms with Crippen LogP contribution in [0, 0.1) is 5.82 Å². The van der Waals surface area contributed by atoms with Crippen LogP contribution in [0.4, 0.5) is 15.2 Å². The number of nitrogens with one attached hydrogen (secondary N) is 1. The molecule has 1 amide bonds. The van der Waals surface area contributed by atoms with Gasteiger partial charge in [0.25, 0.3) is 5.91 Å². The van der Waals surface area contributed by atoms with Crippen LogP contribution in [0.25, 0.3) is 10.6 Å². The second kappa shape index (κ2) is 5.33. The normalized spacial score (nSPS) is 10.5. The smallest absolute Gasteiger partial charge is 0.293 e. The van der Waals surface area contributed by atoms with Crippen molar-refractivity contribution in [1.29, 1.82) is 0 Å². The predicted molar refractivity (Wildman–Crippen MR) is 76.4 cm³/mol. The molecular formula is C13H9FN4O2S. The fourth-order valence-corrected chi connectivity index (χ4v) is 2.41. The van der Waals surface area contributed by atoms with Crippen LogP contribution in [0.3, 0.4) is 0 Å². The number of nitrogens with two attached hydrogens (primary N) is 1. The Hall–Kier alpha value is -2.74. The van der Waals surface area contributed by atoms with Crippen molar-refractivity contribution in [2.24, 2.45) is 0 Å². The highest BCUT2D eigenvalue weighted by molar-refractivity contribution is 7.18. The first-order valence-corrected chi connectivity index (χ1v) is 6.69. The Morgan fingerprint density at radius 1 is 1.33 bits per heavy atom. The number of hydrogen-bond acceptors (Lipinski definition) is 6. The topological polar surface area (TPSA) is 94.0 Å². The van der Waals surface area contributed by atoms with Gasteiger partial charge in [0.05, 0.1) is 11.8 Å². The van der Waals surface area contributed by atoms with Crippen molar-refractivity contribution in [3.05, 3.63) is 48.2 Å².